The molecule has 1 rings (SSSR count). The topological polar surface area (TPSA) is 109 Å². The molecule has 3 N–H and O–H groups in total. The lowest BCUT2D eigenvalue weighted by Crippen LogP contribution is -2.48. The molecule has 0 fully saturated rings. The van der Waals surface area contributed by atoms with Gasteiger partial charge in [0.05, 0.1) is 12.7 Å². The highest BCUT2D eigenvalue weighted by Crippen LogP contribution is 2.05. The largest absolute Gasteiger partial charge is 0.476 e. The summed E-state index contributed by atoms with van der Waals surface area (Å²) < 4.78 is 1.37. The maximum absolute atomic E-state index is 11.6. The van der Waals surface area contributed by atoms with Crippen LogP contribution in [0.4, 0.5) is 4.79 Å². The number of aromatic nitrogens is 3. The minimum atomic E-state index is -1.12. The van der Waals surface area contributed by atoms with Gasteiger partial charge in [-0.15, -0.1) is 5.10 Å². The van der Waals surface area contributed by atoms with Gasteiger partial charge >= 0.3 is 12.0 Å². The summed E-state index contributed by atoms with van der Waals surface area (Å²) in [5.74, 6) is -1.12. The van der Waals surface area contributed by atoms with Crippen LogP contribution in [0.1, 0.15) is 37.7 Å². The molecule has 0 aliphatic rings. The number of carboxylic acids is 1. The second-order valence-electron chi connectivity index (χ2n) is 4.79. The third-order valence-corrected chi connectivity index (χ3v) is 2.72. The molecule has 2 amide bonds. The number of nitrogens with zero attached hydrogens (tertiary/aromatic N) is 3. The minimum Gasteiger partial charge on any atom is -0.476 e. The summed E-state index contributed by atoms with van der Waals surface area (Å²) in [5.41, 5.74) is -0.370. The van der Waals surface area contributed by atoms with E-state index in [1.807, 2.05) is 20.8 Å². The van der Waals surface area contributed by atoms with E-state index in [1.165, 1.54) is 10.9 Å². The van der Waals surface area contributed by atoms with E-state index in [4.69, 9.17) is 5.11 Å². The Balaban J connectivity index is 2.33. The third kappa shape index (κ3) is 4.94. The molecule has 0 aliphatic heterocycles. The van der Waals surface area contributed by atoms with E-state index in [1.54, 1.807) is 0 Å². The summed E-state index contributed by atoms with van der Waals surface area (Å²) >= 11 is 0. The van der Waals surface area contributed by atoms with E-state index >= 15 is 0 Å². The summed E-state index contributed by atoms with van der Waals surface area (Å²) in [6.07, 6.45) is 2.14. The number of amides is 2. The lowest BCUT2D eigenvalue weighted by atomic mass is 10.0. The monoisotopic (exact) mass is 269 g/mol. The second-order valence-corrected chi connectivity index (χ2v) is 4.79. The molecule has 8 nitrogen and oxygen atoms in total. The van der Waals surface area contributed by atoms with Gasteiger partial charge in [0.15, 0.2) is 5.69 Å². The number of hydrogen-bond donors (Lipinski definition) is 3. The molecule has 0 aromatic carbocycles. The summed E-state index contributed by atoms with van der Waals surface area (Å²) in [4.78, 5) is 22.2. The first-order valence-electron chi connectivity index (χ1n) is 6.03. The zero-order valence-corrected chi connectivity index (χ0v) is 11.3. The zero-order valence-electron chi connectivity index (χ0n) is 11.3. The van der Waals surface area contributed by atoms with Crippen molar-refractivity contribution >= 4 is 12.0 Å². The molecule has 0 spiro atoms. The standard InChI is InChI=1S/C11H19N5O3/c1-4-11(2,3)13-10(19)12-5-6-16-7-8(9(17)18)14-15-16/h7H,4-6H2,1-3H3,(H,17,18)(H2,12,13,19). The van der Waals surface area contributed by atoms with E-state index in [2.05, 4.69) is 20.9 Å². The molecule has 0 atom stereocenters. The highest BCUT2D eigenvalue weighted by Gasteiger charge is 2.17. The van der Waals surface area contributed by atoms with Crippen LogP contribution in [0.3, 0.4) is 0 Å². The molecule has 19 heavy (non-hydrogen) atoms. The predicted octanol–water partition coefficient (Wildman–Crippen LogP) is 0.464. The Bertz CT molecular complexity index is 455. The fourth-order valence-corrected chi connectivity index (χ4v) is 1.23. The van der Waals surface area contributed by atoms with Crippen molar-refractivity contribution in [2.75, 3.05) is 6.54 Å². The summed E-state index contributed by atoms with van der Waals surface area (Å²) in [6, 6.07) is -0.259. The van der Waals surface area contributed by atoms with Gasteiger partial charge in [-0.25, -0.2) is 14.3 Å². The fourth-order valence-electron chi connectivity index (χ4n) is 1.23. The maximum atomic E-state index is 11.6. The molecule has 106 valence electrons. The first-order valence-corrected chi connectivity index (χ1v) is 6.03. The SMILES string of the molecule is CCC(C)(C)NC(=O)NCCn1cc(C(=O)O)nn1. The van der Waals surface area contributed by atoms with Crippen molar-refractivity contribution in [3.8, 4) is 0 Å². The molecule has 1 heterocycles. The number of nitrogens with one attached hydrogen (secondary N) is 2. The van der Waals surface area contributed by atoms with Crippen LogP contribution < -0.4 is 10.6 Å². The number of aromatic carboxylic acids is 1. The van der Waals surface area contributed by atoms with Crippen molar-refractivity contribution in [3.05, 3.63) is 11.9 Å². The quantitative estimate of drug-likeness (QED) is 0.695. The normalized spacial score (nSPS) is 11.1. The Labute approximate surface area is 111 Å². The van der Waals surface area contributed by atoms with E-state index in [0.29, 0.717) is 13.1 Å². The third-order valence-electron chi connectivity index (χ3n) is 2.72. The molecule has 1 aromatic heterocycles. The van der Waals surface area contributed by atoms with E-state index in [9.17, 15) is 9.59 Å². The van der Waals surface area contributed by atoms with Crippen LogP contribution in [0.2, 0.25) is 0 Å². The van der Waals surface area contributed by atoms with Crippen molar-refractivity contribution in [3.63, 3.8) is 0 Å². The number of carbonyl (C=O) groups is 2. The number of carbonyl (C=O) groups excluding carboxylic acids is 1. The molecular formula is C11H19N5O3. The van der Waals surface area contributed by atoms with Gasteiger partial charge in [0.25, 0.3) is 0 Å². The fraction of sp³-hybridized carbons (Fsp3) is 0.636. The van der Waals surface area contributed by atoms with Crippen molar-refractivity contribution in [2.45, 2.75) is 39.3 Å². The van der Waals surface area contributed by atoms with E-state index < -0.39 is 5.97 Å². The maximum Gasteiger partial charge on any atom is 0.358 e. The van der Waals surface area contributed by atoms with Gasteiger partial charge in [0.1, 0.15) is 0 Å². The van der Waals surface area contributed by atoms with Gasteiger partial charge in [-0.1, -0.05) is 12.1 Å². The lowest BCUT2D eigenvalue weighted by molar-refractivity contribution is 0.0690. The van der Waals surface area contributed by atoms with Crippen molar-refractivity contribution in [2.24, 2.45) is 0 Å². The molecule has 0 radical (unpaired) electrons. The first kappa shape index (κ1) is 14.9. The van der Waals surface area contributed by atoms with Gasteiger partial charge in [-0.05, 0) is 20.3 Å². The van der Waals surface area contributed by atoms with Crippen molar-refractivity contribution in [1.82, 2.24) is 25.6 Å². The highest BCUT2D eigenvalue weighted by molar-refractivity contribution is 5.84. The summed E-state index contributed by atoms with van der Waals surface area (Å²) in [6.45, 7) is 6.56. The Morgan fingerprint density at radius 3 is 2.68 bits per heavy atom. The minimum absolute atomic E-state index is 0.114. The molecule has 0 bridgehead atoms. The molecule has 0 saturated carbocycles. The predicted molar refractivity (Wildman–Crippen MR) is 67.9 cm³/mol. The van der Waals surface area contributed by atoms with Crippen LogP contribution in [0.5, 0.6) is 0 Å². The Morgan fingerprint density at radius 2 is 2.16 bits per heavy atom. The van der Waals surface area contributed by atoms with Crippen LogP contribution in [-0.4, -0.2) is 44.2 Å². The van der Waals surface area contributed by atoms with E-state index in [0.717, 1.165) is 6.42 Å². The van der Waals surface area contributed by atoms with Gasteiger partial charge < -0.3 is 15.7 Å². The van der Waals surface area contributed by atoms with Gasteiger partial charge in [0.2, 0.25) is 0 Å². The lowest BCUT2D eigenvalue weighted by Gasteiger charge is -2.24. The van der Waals surface area contributed by atoms with Crippen LogP contribution in [0.25, 0.3) is 0 Å². The number of hydrogen-bond acceptors (Lipinski definition) is 4. The van der Waals surface area contributed by atoms with Gasteiger partial charge in [0, 0.05) is 12.1 Å². The van der Waals surface area contributed by atoms with Crippen LogP contribution in [0.15, 0.2) is 6.20 Å². The number of rotatable bonds is 6. The zero-order chi connectivity index (χ0) is 14.5. The molecule has 1 aromatic rings. The Hall–Kier alpha value is -2.12. The highest BCUT2D eigenvalue weighted by atomic mass is 16.4. The summed E-state index contributed by atoms with van der Waals surface area (Å²) in [7, 11) is 0. The molecule has 8 heteroatoms. The average molecular weight is 269 g/mol. The van der Waals surface area contributed by atoms with Crippen LogP contribution in [-0.2, 0) is 6.54 Å². The van der Waals surface area contributed by atoms with Crippen LogP contribution in [0, 0.1) is 0 Å². The number of urea groups is 1. The van der Waals surface area contributed by atoms with Gasteiger partial charge in [-0.3, -0.25) is 0 Å². The second kappa shape index (κ2) is 6.17. The Morgan fingerprint density at radius 1 is 1.47 bits per heavy atom. The first-order chi connectivity index (χ1) is 8.84. The van der Waals surface area contributed by atoms with Crippen molar-refractivity contribution in [1.29, 1.82) is 0 Å². The Kier molecular flexibility index (Phi) is 4.85. The van der Waals surface area contributed by atoms with E-state index in [-0.39, 0.29) is 17.3 Å². The molecule has 0 unspecified atom stereocenters. The molecule has 0 saturated heterocycles. The molecular weight excluding hydrogens is 250 g/mol. The summed E-state index contributed by atoms with van der Waals surface area (Å²) in [5, 5.41) is 21.3. The van der Waals surface area contributed by atoms with Crippen molar-refractivity contribution < 1.29 is 14.7 Å². The average Bonchev–Trinajstić information content (AvgIpc) is 2.77. The number of carboxylic acid groups (broad SMARTS) is 1. The van der Waals surface area contributed by atoms with Gasteiger partial charge in [-0.2, -0.15) is 0 Å². The molecule has 0 aliphatic carbocycles. The van der Waals surface area contributed by atoms with Crippen LogP contribution >= 0.6 is 0 Å². The smallest absolute Gasteiger partial charge is 0.358 e.